The number of amides is 1. The number of nitrogens with one attached hydrogen (secondary N) is 2. The molecule has 2 aromatic heterocycles. The maximum atomic E-state index is 12.0. The Morgan fingerprint density at radius 1 is 1.38 bits per heavy atom. The van der Waals surface area contributed by atoms with Gasteiger partial charge < -0.3 is 15.0 Å². The van der Waals surface area contributed by atoms with Crippen molar-refractivity contribution in [3.63, 3.8) is 0 Å². The topological polar surface area (TPSA) is 79.9 Å². The summed E-state index contributed by atoms with van der Waals surface area (Å²) >= 11 is 13.2. The van der Waals surface area contributed by atoms with Gasteiger partial charge in [-0.25, -0.2) is 9.97 Å². The normalized spacial score (nSPS) is 10.8. The second-order valence-electron chi connectivity index (χ2n) is 4.75. The van der Waals surface area contributed by atoms with E-state index in [9.17, 15) is 4.79 Å². The number of H-pyrrole nitrogens is 1. The van der Waals surface area contributed by atoms with Gasteiger partial charge in [0.1, 0.15) is 5.75 Å². The molecule has 0 aliphatic rings. The van der Waals surface area contributed by atoms with Crippen LogP contribution in [-0.4, -0.2) is 33.7 Å². The number of hydrogen-bond donors (Lipinski definition) is 2. The number of rotatable bonds is 5. The van der Waals surface area contributed by atoms with Gasteiger partial charge in [0, 0.05) is 11.9 Å². The second-order valence-corrected chi connectivity index (χ2v) is 6.56. The fourth-order valence-electron chi connectivity index (χ4n) is 2.00. The molecule has 2 heterocycles. The van der Waals surface area contributed by atoms with E-state index in [4.69, 9.17) is 27.9 Å². The van der Waals surface area contributed by atoms with Crippen molar-refractivity contribution in [1.82, 2.24) is 15.0 Å². The van der Waals surface area contributed by atoms with E-state index >= 15 is 0 Å². The maximum absolute atomic E-state index is 12.0. The lowest BCUT2D eigenvalue weighted by Gasteiger charge is -2.07. The van der Waals surface area contributed by atoms with Crippen molar-refractivity contribution in [2.45, 2.75) is 5.16 Å². The van der Waals surface area contributed by atoms with Crippen LogP contribution in [0.2, 0.25) is 10.0 Å². The van der Waals surface area contributed by atoms with Crippen LogP contribution >= 0.6 is 35.0 Å². The van der Waals surface area contributed by atoms with Crippen molar-refractivity contribution in [3.05, 3.63) is 40.5 Å². The molecule has 0 bridgehead atoms. The minimum absolute atomic E-state index is 0.173. The number of halogens is 2. The van der Waals surface area contributed by atoms with Crippen molar-refractivity contribution >= 4 is 57.7 Å². The van der Waals surface area contributed by atoms with Crippen LogP contribution in [0, 0.1) is 0 Å². The number of pyridine rings is 1. The van der Waals surface area contributed by atoms with Crippen LogP contribution in [0.5, 0.6) is 5.75 Å². The quantitative estimate of drug-likeness (QED) is 0.651. The van der Waals surface area contributed by atoms with E-state index in [1.165, 1.54) is 25.1 Å². The van der Waals surface area contributed by atoms with Gasteiger partial charge in [-0.05, 0) is 24.3 Å². The number of benzene rings is 1. The summed E-state index contributed by atoms with van der Waals surface area (Å²) in [6, 6.07) is 6.79. The molecule has 0 spiro atoms. The molecule has 0 saturated heterocycles. The van der Waals surface area contributed by atoms with Crippen LogP contribution < -0.4 is 10.1 Å². The predicted molar refractivity (Wildman–Crippen MR) is 96.3 cm³/mol. The Kier molecular flexibility index (Phi) is 5.13. The van der Waals surface area contributed by atoms with Gasteiger partial charge >= 0.3 is 0 Å². The highest BCUT2D eigenvalue weighted by Gasteiger charge is 2.09. The number of ether oxygens (including phenoxy) is 1. The summed E-state index contributed by atoms with van der Waals surface area (Å²) in [5.74, 6) is 0.571. The largest absolute Gasteiger partial charge is 0.495 e. The lowest BCUT2D eigenvalue weighted by Crippen LogP contribution is -2.14. The number of fused-ring (bicyclic) bond motifs is 1. The van der Waals surface area contributed by atoms with Crippen LogP contribution in [0.3, 0.4) is 0 Å². The number of methoxy groups -OCH3 is 1. The second kappa shape index (κ2) is 7.29. The van der Waals surface area contributed by atoms with Gasteiger partial charge in [-0.2, -0.15) is 0 Å². The minimum atomic E-state index is -0.173. The monoisotopic (exact) mass is 382 g/mol. The van der Waals surface area contributed by atoms with Crippen LogP contribution in [-0.2, 0) is 4.79 Å². The first kappa shape index (κ1) is 16.9. The molecule has 0 saturated carbocycles. The minimum Gasteiger partial charge on any atom is -0.495 e. The van der Waals surface area contributed by atoms with Gasteiger partial charge in [0.25, 0.3) is 0 Å². The van der Waals surface area contributed by atoms with Crippen LogP contribution in [0.4, 0.5) is 5.69 Å². The molecular weight excluding hydrogens is 371 g/mol. The van der Waals surface area contributed by atoms with E-state index in [2.05, 4.69) is 20.3 Å². The fourth-order valence-corrected chi connectivity index (χ4v) is 3.08. The number of imidazole rings is 1. The van der Waals surface area contributed by atoms with E-state index in [0.717, 1.165) is 5.52 Å². The molecule has 0 atom stereocenters. The van der Waals surface area contributed by atoms with E-state index in [1.807, 2.05) is 0 Å². The third-order valence-corrected chi connectivity index (χ3v) is 4.43. The molecule has 1 aromatic carbocycles. The smallest absolute Gasteiger partial charge is 0.234 e. The summed E-state index contributed by atoms with van der Waals surface area (Å²) in [5.41, 5.74) is 1.89. The van der Waals surface area contributed by atoms with Gasteiger partial charge in [-0.15, -0.1) is 0 Å². The molecule has 1 amide bonds. The molecule has 3 aromatic rings. The number of anilines is 1. The Hall–Kier alpha value is -1.96. The number of thioether (sulfide) groups is 1. The summed E-state index contributed by atoms with van der Waals surface area (Å²) < 4.78 is 5.07. The molecule has 0 radical (unpaired) electrons. The standard InChI is InChI=1S/C15H12Cl2N4O2S/c1-23-12-3-2-9(5-10(12)17)19-13(22)7-24-15-20-11-4-8(16)6-18-14(11)21-15/h2-6H,7H2,1H3,(H,19,22)(H,18,20,21). The number of nitrogens with zero attached hydrogens (tertiary/aromatic N) is 2. The SMILES string of the molecule is COc1ccc(NC(=O)CSc2nc3ncc(Cl)cc3[nH]2)cc1Cl. The summed E-state index contributed by atoms with van der Waals surface area (Å²) in [6.07, 6.45) is 1.53. The number of carbonyl (C=O) groups is 1. The van der Waals surface area contributed by atoms with E-state index in [1.54, 1.807) is 24.3 Å². The first-order chi connectivity index (χ1) is 11.5. The molecule has 6 nitrogen and oxygen atoms in total. The van der Waals surface area contributed by atoms with E-state index < -0.39 is 0 Å². The zero-order valence-electron chi connectivity index (χ0n) is 12.5. The Balaban J connectivity index is 1.61. The molecule has 0 unspecified atom stereocenters. The molecule has 2 N–H and O–H groups in total. The number of aromatic amines is 1. The lowest BCUT2D eigenvalue weighted by atomic mass is 10.3. The number of aromatic nitrogens is 3. The number of hydrogen-bond acceptors (Lipinski definition) is 5. The fraction of sp³-hybridized carbons (Fsp3) is 0.133. The summed E-state index contributed by atoms with van der Waals surface area (Å²) in [5, 5.41) is 4.33. The predicted octanol–water partition coefficient (Wildman–Crippen LogP) is 4.00. The van der Waals surface area contributed by atoms with E-state index in [-0.39, 0.29) is 11.7 Å². The lowest BCUT2D eigenvalue weighted by molar-refractivity contribution is -0.113. The van der Waals surface area contributed by atoms with Crippen molar-refractivity contribution < 1.29 is 9.53 Å². The highest BCUT2D eigenvalue weighted by Crippen LogP contribution is 2.27. The molecular formula is C15H12Cl2N4O2S. The van der Waals surface area contributed by atoms with Crippen molar-refractivity contribution in [1.29, 1.82) is 0 Å². The van der Waals surface area contributed by atoms with E-state index in [0.29, 0.717) is 32.3 Å². The molecule has 24 heavy (non-hydrogen) atoms. The average Bonchev–Trinajstić information content (AvgIpc) is 2.95. The zero-order valence-corrected chi connectivity index (χ0v) is 14.8. The summed E-state index contributed by atoms with van der Waals surface area (Å²) in [4.78, 5) is 23.5. The third-order valence-electron chi connectivity index (χ3n) is 3.06. The Bertz CT molecular complexity index is 900. The third kappa shape index (κ3) is 3.92. The zero-order chi connectivity index (χ0) is 17.1. The van der Waals surface area contributed by atoms with Crippen LogP contribution in [0.15, 0.2) is 35.6 Å². The van der Waals surface area contributed by atoms with Crippen molar-refractivity contribution in [2.24, 2.45) is 0 Å². The van der Waals surface area contributed by atoms with Crippen LogP contribution in [0.1, 0.15) is 0 Å². The highest BCUT2D eigenvalue weighted by atomic mass is 35.5. The molecule has 9 heteroatoms. The molecule has 124 valence electrons. The Morgan fingerprint density at radius 2 is 2.21 bits per heavy atom. The van der Waals surface area contributed by atoms with Gasteiger partial charge in [0.05, 0.1) is 28.4 Å². The number of carbonyl (C=O) groups excluding carboxylic acids is 1. The first-order valence-corrected chi connectivity index (χ1v) is 8.57. The van der Waals surface area contributed by atoms with Crippen molar-refractivity contribution in [3.8, 4) is 5.75 Å². The Labute approximate surface area is 151 Å². The van der Waals surface area contributed by atoms with Crippen LogP contribution in [0.25, 0.3) is 11.2 Å². The van der Waals surface area contributed by atoms with Gasteiger partial charge in [-0.3, -0.25) is 4.79 Å². The maximum Gasteiger partial charge on any atom is 0.234 e. The molecule has 0 aliphatic carbocycles. The molecule has 0 aliphatic heterocycles. The average molecular weight is 383 g/mol. The Morgan fingerprint density at radius 3 is 2.96 bits per heavy atom. The van der Waals surface area contributed by atoms with Gasteiger partial charge in [0.15, 0.2) is 10.8 Å². The highest BCUT2D eigenvalue weighted by molar-refractivity contribution is 7.99. The molecule has 3 rings (SSSR count). The summed E-state index contributed by atoms with van der Waals surface area (Å²) in [7, 11) is 1.53. The van der Waals surface area contributed by atoms with Gasteiger partial charge in [-0.1, -0.05) is 35.0 Å². The van der Waals surface area contributed by atoms with Gasteiger partial charge in [0.2, 0.25) is 5.91 Å². The summed E-state index contributed by atoms with van der Waals surface area (Å²) in [6.45, 7) is 0. The van der Waals surface area contributed by atoms with Crippen molar-refractivity contribution in [2.75, 3.05) is 18.2 Å². The molecule has 0 fully saturated rings. The first-order valence-electron chi connectivity index (χ1n) is 6.82.